The van der Waals surface area contributed by atoms with Gasteiger partial charge in [-0.1, -0.05) is 37.0 Å². The summed E-state index contributed by atoms with van der Waals surface area (Å²) in [5.41, 5.74) is 2.33. The van der Waals surface area contributed by atoms with Crippen LogP contribution in [0.1, 0.15) is 30.8 Å². The lowest BCUT2D eigenvalue weighted by molar-refractivity contribution is 0.0874. The summed E-state index contributed by atoms with van der Waals surface area (Å²) in [6.45, 7) is 7.31. The molecule has 1 amide bonds. The number of benzene rings is 1. The summed E-state index contributed by atoms with van der Waals surface area (Å²) in [4.78, 5) is 24.2. The van der Waals surface area contributed by atoms with E-state index >= 15 is 0 Å². The Bertz CT molecular complexity index is 1120. The number of hydrogen-bond acceptors (Lipinski definition) is 6. The van der Waals surface area contributed by atoms with Crippen molar-refractivity contribution in [1.82, 2.24) is 30.0 Å². The zero-order valence-electron chi connectivity index (χ0n) is 18.8. The molecule has 4 rings (SSSR count). The first-order chi connectivity index (χ1) is 15.8. The van der Waals surface area contributed by atoms with Crippen LogP contribution in [0.3, 0.4) is 0 Å². The summed E-state index contributed by atoms with van der Waals surface area (Å²) in [5, 5.41) is 11.8. The quantitative estimate of drug-likeness (QED) is 0.489. The van der Waals surface area contributed by atoms with E-state index in [1.165, 1.54) is 6.42 Å². The summed E-state index contributed by atoms with van der Waals surface area (Å²) in [5.74, 6) is 0.561. The predicted molar refractivity (Wildman–Crippen MR) is 131 cm³/mol. The maximum Gasteiger partial charge on any atom is 0.269 e. The van der Waals surface area contributed by atoms with Crippen LogP contribution in [0.2, 0.25) is 10.0 Å². The lowest BCUT2D eigenvalue weighted by atomic mass is 10.0. The van der Waals surface area contributed by atoms with Gasteiger partial charge in [-0.2, -0.15) is 5.10 Å². The molecule has 1 aliphatic heterocycles. The first kappa shape index (κ1) is 23.5. The monoisotopic (exact) mass is 487 g/mol. The van der Waals surface area contributed by atoms with Crippen molar-refractivity contribution in [3.05, 3.63) is 52.3 Å². The normalized spacial score (nSPS) is 14.7. The Morgan fingerprint density at radius 3 is 2.48 bits per heavy atom. The number of hydrogen-bond donors (Lipinski definition) is 2. The largest absolute Gasteiger partial charge is 0.346 e. The van der Waals surface area contributed by atoms with Gasteiger partial charge in [-0.25, -0.2) is 9.97 Å². The number of aryl methyl sites for hydroxylation is 1. The number of nitrogens with zero attached hydrogens (tertiary/aromatic N) is 5. The van der Waals surface area contributed by atoms with Crippen molar-refractivity contribution in [2.24, 2.45) is 13.0 Å². The fraction of sp³-hybridized carbons (Fsp3) is 0.391. The van der Waals surface area contributed by atoms with E-state index in [-0.39, 0.29) is 11.9 Å². The van der Waals surface area contributed by atoms with Gasteiger partial charge in [0.15, 0.2) is 0 Å². The molecule has 10 heteroatoms. The summed E-state index contributed by atoms with van der Waals surface area (Å²) in [6.07, 6.45) is 2.86. The molecule has 2 aromatic heterocycles. The second-order valence-electron chi connectivity index (χ2n) is 8.57. The Morgan fingerprint density at radius 2 is 1.85 bits per heavy atom. The molecule has 8 nitrogen and oxygen atoms in total. The SMILES string of the molecule is CC(C)[C@@H](CN1CCC1)NC(=O)c1cc(-c2ccnc(Nc3cc(Cl)cc(Cl)c3)n2)nn1C. The number of nitrogens with one attached hydrogen (secondary N) is 2. The Morgan fingerprint density at radius 1 is 1.12 bits per heavy atom. The third-order valence-corrected chi connectivity index (χ3v) is 6.11. The van der Waals surface area contributed by atoms with Crippen LogP contribution in [-0.2, 0) is 7.05 Å². The number of amides is 1. The summed E-state index contributed by atoms with van der Waals surface area (Å²) < 4.78 is 1.58. The highest BCUT2D eigenvalue weighted by Crippen LogP contribution is 2.25. The number of anilines is 2. The van der Waals surface area contributed by atoms with Gasteiger partial charge >= 0.3 is 0 Å². The highest BCUT2D eigenvalue weighted by Gasteiger charge is 2.25. The summed E-state index contributed by atoms with van der Waals surface area (Å²) in [7, 11) is 1.76. The molecule has 0 bridgehead atoms. The molecule has 174 valence electrons. The fourth-order valence-electron chi connectivity index (χ4n) is 3.63. The minimum absolute atomic E-state index is 0.0792. The fourth-order valence-corrected chi connectivity index (χ4v) is 4.16. The van der Waals surface area contributed by atoms with Gasteiger partial charge in [-0.05, 0) is 55.8 Å². The second-order valence-corrected chi connectivity index (χ2v) is 9.44. The number of aromatic nitrogens is 4. The van der Waals surface area contributed by atoms with Crippen LogP contribution in [0.4, 0.5) is 11.6 Å². The van der Waals surface area contributed by atoms with Crippen LogP contribution >= 0.6 is 23.2 Å². The summed E-state index contributed by atoms with van der Waals surface area (Å²) in [6, 6.07) is 8.70. The molecule has 0 saturated carbocycles. The third kappa shape index (κ3) is 5.82. The Balaban J connectivity index is 1.50. The number of carbonyl (C=O) groups is 1. The Kier molecular flexibility index (Phi) is 7.17. The van der Waals surface area contributed by atoms with Crippen LogP contribution < -0.4 is 10.6 Å². The Hall–Kier alpha value is -2.68. The molecule has 1 aromatic carbocycles. The minimum Gasteiger partial charge on any atom is -0.346 e. The molecule has 3 aromatic rings. The van der Waals surface area contributed by atoms with Crippen LogP contribution in [-0.4, -0.2) is 56.2 Å². The van der Waals surface area contributed by atoms with E-state index in [0.717, 1.165) is 19.6 Å². The number of halogens is 2. The van der Waals surface area contributed by atoms with E-state index in [0.29, 0.717) is 44.7 Å². The molecule has 1 atom stereocenters. The van der Waals surface area contributed by atoms with Crippen molar-refractivity contribution >= 4 is 40.7 Å². The molecule has 1 saturated heterocycles. The molecule has 2 N–H and O–H groups in total. The van der Waals surface area contributed by atoms with Crippen LogP contribution in [0.5, 0.6) is 0 Å². The standard InChI is InChI=1S/C23H27Cl2N7O/c1-14(2)20(13-32-7-4-8-32)28-22(33)21-12-19(30-31(21)3)18-5-6-26-23(29-18)27-17-10-15(24)9-16(25)11-17/h5-6,9-12,14,20H,4,7-8,13H2,1-3H3,(H,28,33)(H,26,27,29)/t20-/m1/s1. The molecule has 0 spiro atoms. The van der Waals surface area contributed by atoms with Crippen molar-refractivity contribution < 1.29 is 4.79 Å². The van der Waals surface area contributed by atoms with Crippen molar-refractivity contribution in [1.29, 1.82) is 0 Å². The van der Waals surface area contributed by atoms with Gasteiger partial charge in [0, 0.05) is 41.6 Å². The zero-order valence-corrected chi connectivity index (χ0v) is 20.4. The van der Waals surface area contributed by atoms with E-state index in [2.05, 4.69) is 44.4 Å². The molecular weight excluding hydrogens is 461 g/mol. The van der Waals surface area contributed by atoms with Crippen molar-refractivity contribution in [2.75, 3.05) is 25.0 Å². The lowest BCUT2D eigenvalue weighted by Crippen LogP contribution is -2.50. The van der Waals surface area contributed by atoms with Gasteiger partial charge in [-0.15, -0.1) is 0 Å². The van der Waals surface area contributed by atoms with Crippen LogP contribution in [0.25, 0.3) is 11.4 Å². The number of likely N-dealkylation sites (tertiary alicyclic amines) is 1. The van der Waals surface area contributed by atoms with Gasteiger partial charge < -0.3 is 15.5 Å². The minimum atomic E-state index is -0.142. The first-order valence-corrected chi connectivity index (χ1v) is 11.7. The van der Waals surface area contributed by atoms with E-state index in [4.69, 9.17) is 23.2 Å². The molecule has 0 unspecified atom stereocenters. The number of rotatable bonds is 8. The Labute approximate surface area is 203 Å². The zero-order chi connectivity index (χ0) is 23.5. The van der Waals surface area contributed by atoms with Gasteiger partial charge in [0.2, 0.25) is 5.95 Å². The van der Waals surface area contributed by atoms with Gasteiger partial charge in [0.25, 0.3) is 5.91 Å². The number of carbonyl (C=O) groups excluding carboxylic acids is 1. The van der Waals surface area contributed by atoms with E-state index in [1.54, 1.807) is 48.3 Å². The van der Waals surface area contributed by atoms with Crippen molar-refractivity contribution in [3.8, 4) is 11.4 Å². The predicted octanol–water partition coefficient (Wildman–Crippen LogP) is 4.39. The maximum absolute atomic E-state index is 13.0. The smallest absolute Gasteiger partial charge is 0.269 e. The molecule has 0 radical (unpaired) electrons. The third-order valence-electron chi connectivity index (χ3n) is 5.67. The second kappa shape index (κ2) is 10.1. The van der Waals surface area contributed by atoms with Crippen molar-refractivity contribution in [3.63, 3.8) is 0 Å². The highest BCUT2D eigenvalue weighted by molar-refractivity contribution is 6.35. The highest BCUT2D eigenvalue weighted by atomic mass is 35.5. The molecule has 0 aliphatic carbocycles. The average molecular weight is 488 g/mol. The van der Waals surface area contributed by atoms with Gasteiger partial charge in [-0.3, -0.25) is 9.48 Å². The van der Waals surface area contributed by atoms with Gasteiger partial charge in [0.1, 0.15) is 11.4 Å². The van der Waals surface area contributed by atoms with Gasteiger partial charge in [0.05, 0.1) is 5.69 Å². The van der Waals surface area contributed by atoms with E-state index < -0.39 is 0 Å². The lowest BCUT2D eigenvalue weighted by Gasteiger charge is -2.35. The molecule has 1 fully saturated rings. The first-order valence-electron chi connectivity index (χ1n) is 10.9. The molecule has 1 aliphatic rings. The average Bonchev–Trinajstić information content (AvgIpc) is 3.10. The molecular formula is C23H27Cl2N7O. The maximum atomic E-state index is 13.0. The summed E-state index contributed by atoms with van der Waals surface area (Å²) >= 11 is 12.1. The molecule has 33 heavy (non-hydrogen) atoms. The topological polar surface area (TPSA) is 88.0 Å². The van der Waals surface area contributed by atoms with E-state index in [1.807, 2.05) is 0 Å². The molecule has 3 heterocycles. The van der Waals surface area contributed by atoms with E-state index in [9.17, 15) is 4.79 Å². The van der Waals surface area contributed by atoms with Crippen molar-refractivity contribution in [2.45, 2.75) is 26.3 Å². The van der Waals surface area contributed by atoms with Crippen LogP contribution in [0.15, 0.2) is 36.5 Å². The van der Waals surface area contributed by atoms with Crippen LogP contribution in [0, 0.1) is 5.92 Å².